The van der Waals surface area contributed by atoms with Gasteiger partial charge >= 0.3 is 0 Å². The number of amides is 2. The van der Waals surface area contributed by atoms with Gasteiger partial charge < -0.3 is 20.1 Å². The summed E-state index contributed by atoms with van der Waals surface area (Å²) in [4.78, 5) is 24.9. The van der Waals surface area contributed by atoms with Crippen LogP contribution in [0.25, 0.3) is 0 Å². The van der Waals surface area contributed by atoms with Crippen molar-refractivity contribution < 1.29 is 19.1 Å². The number of hydrogen-bond donors (Lipinski definition) is 2. The second-order valence-corrected chi connectivity index (χ2v) is 7.66. The maximum absolute atomic E-state index is 12.5. The van der Waals surface area contributed by atoms with Crippen molar-refractivity contribution in [2.75, 3.05) is 24.9 Å². The summed E-state index contributed by atoms with van der Waals surface area (Å²) in [6.45, 7) is 0. The summed E-state index contributed by atoms with van der Waals surface area (Å²) in [6, 6.07) is 11.4. The first kappa shape index (κ1) is 19.3. The molecule has 152 valence electrons. The molecule has 0 bridgehead atoms. The fraction of sp³-hybridized carbons (Fsp3) is 0.391. The number of methoxy groups -OCH3 is 2. The van der Waals surface area contributed by atoms with Crippen LogP contribution in [0.4, 0.5) is 11.4 Å². The molecule has 0 aromatic heterocycles. The number of benzene rings is 2. The van der Waals surface area contributed by atoms with E-state index in [-0.39, 0.29) is 23.7 Å². The summed E-state index contributed by atoms with van der Waals surface area (Å²) in [6.07, 6.45) is 4.45. The summed E-state index contributed by atoms with van der Waals surface area (Å²) in [5, 5.41) is 5.96. The fourth-order valence-corrected chi connectivity index (χ4v) is 4.44. The smallest absolute Gasteiger partial charge is 0.227 e. The van der Waals surface area contributed by atoms with Crippen molar-refractivity contribution in [2.45, 2.75) is 38.0 Å². The normalized spacial score (nSPS) is 18.7. The van der Waals surface area contributed by atoms with Crippen LogP contribution in [-0.4, -0.2) is 26.0 Å². The van der Waals surface area contributed by atoms with Gasteiger partial charge in [-0.05, 0) is 36.6 Å². The predicted molar refractivity (Wildman–Crippen MR) is 112 cm³/mol. The Morgan fingerprint density at radius 1 is 1.07 bits per heavy atom. The molecule has 6 heteroatoms. The molecule has 1 fully saturated rings. The lowest BCUT2D eigenvalue weighted by atomic mass is 9.84. The summed E-state index contributed by atoms with van der Waals surface area (Å²) in [7, 11) is 3.20. The number of fused-ring (bicyclic) bond motifs is 1. The third-order valence-electron chi connectivity index (χ3n) is 5.89. The lowest BCUT2D eigenvalue weighted by Gasteiger charge is -2.28. The molecule has 1 saturated carbocycles. The number of carbonyl (C=O) groups excluding carboxylic acids is 2. The van der Waals surface area contributed by atoms with E-state index in [1.165, 1.54) is 0 Å². The molecule has 1 heterocycles. The fourth-order valence-electron chi connectivity index (χ4n) is 4.44. The zero-order valence-corrected chi connectivity index (χ0v) is 16.8. The van der Waals surface area contributed by atoms with Crippen LogP contribution in [0.2, 0.25) is 0 Å². The monoisotopic (exact) mass is 394 g/mol. The predicted octanol–water partition coefficient (Wildman–Crippen LogP) is 4.31. The topological polar surface area (TPSA) is 76.7 Å². The molecular weight excluding hydrogens is 368 g/mol. The first-order chi connectivity index (χ1) is 14.1. The second kappa shape index (κ2) is 8.15. The average molecular weight is 394 g/mol. The molecule has 0 radical (unpaired) electrons. The Kier molecular flexibility index (Phi) is 5.43. The van der Waals surface area contributed by atoms with Gasteiger partial charge in [0, 0.05) is 35.2 Å². The number of carbonyl (C=O) groups is 2. The third kappa shape index (κ3) is 3.79. The van der Waals surface area contributed by atoms with E-state index in [1.54, 1.807) is 14.2 Å². The SMILES string of the molecule is COc1cccc(C2CC(=O)Nc3cc(NC(=O)C4CCCC4)ccc32)c1OC. The number of hydrogen-bond acceptors (Lipinski definition) is 4. The molecule has 1 unspecified atom stereocenters. The van der Waals surface area contributed by atoms with Crippen LogP contribution in [0.3, 0.4) is 0 Å². The van der Waals surface area contributed by atoms with Gasteiger partial charge in [-0.2, -0.15) is 0 Å². The van der Waals surface area contributed by atoms with Gasteiger partial charge in [-0.25, -0.2) is 0 Å². The van der Waals surface area contributed by atoms with Crippen molar-refractivity contribution in [3.8, 4) is 11.5 Å². The van der Waals surface area contributed by atoms with Crippen molar-refractivity contribution in [2.24, 2.45) is 5.92 Å². The minimum absolute atomic E-state index is 0.0633. The van der Waals surface area contributed by atoms with Crippen LogP contribution in [0, 0.1) is 5.92 Å². The highest BCUT2D eigenvalue weighted by atomic mass is 16.5. The van der Waals surface area contributed by atoms with Gasteiger partial charge in [0.05, 0.1) is 14.2 Å². The van der Waals surface area contributed by atoms with Gasteiger partial charge in [-0.1, -0.05) is 31.0 Å². The van der Waals surface area contributed by atoms with E-state index in [0.717, 1.165) is 42.5 Å². The zero-order valence-electron chi connectivity index (χ0n) is 16.8. The lowest BCUT2D eigenvalue weighted by molar-refractivity contribution is -0.119. The Bertz CT molecular complexity index is 934. The molecule has 1 aliphatic carbocycles. The van der Waals surface area contributed by atoms with E-state index in [1.807, 2.05) is 36.4 Å². The van der Waals surface area contributed by atoms with E-state index in [9.17, 15) is 9.59 Å². The van der Waals surface area contributed by atoms with Crippen LogP contribution < -0.4 is 20.1 Å². The summed E-state index contributed by atoms with van der Waals surface area (Å²) in [5.41, 5.74) is 3.33. The molecule has 1 atom stereocenters. The minimum Gasteiger partial charge on any atom is -0.493 e. The highest BCUT2D eigenvalue weighted by molar-refractivity contribution is 5.98. The van der Waals surface area contributed by atoms with Gasteiger partial charge in [-0.3, -0.25) is 9.59 Å². The van der Waals surface area contributed by atoms with Gasteiger partial charge in [-0.15, -0.1) is 0 Å². The molecule has 2 aromatic rings. The number of nitrogens with one attached hydrogen (secondary N) is 2. The first-order valence-electron chi connectivity index (χ1n) is 10.1. The number of ether oxygens (including phenoxy) is 2. The standard InChI is InChI=1S/C23H26N2O4/c1-28-20-9-5-8-17(22(20)29-2)18-13-21(26)25-19-12-15(10-11-16(18)19)24-23(27)14-6-3-4-7-14/h5,8-12,14,18H,3-4,6-7,13H2,1-2H3,(H,24,27)(H,25,26). The highest BCUT2D eigenvalue weighted by Gasteiger charge is 2.30. The Morgan fingerprint density at radius 2 is 1.86 bits per heavy atom. The van der Waals surface area contributed by atoms with Crippen molar-refractivity contribution >= 4 is 23.2 Å². The van der Waals surface area contributed by atoms with Crippen LogP contribution in [0.1, 0.15) is 49.1 Å². The molecule has 2 N–H and O–H groups in total. The Hall–Kier alpha value is -3.02. The molecule has 29 heavy (non-hydrogen) atoms. The van der Waals surface area contributed by atoms with Crippen molar-refractivity contribution in [1.29, 1.82) is 0 Å². The van der Waals surface area contributed by atoms with Crippen LogP contribution in [0.5, 0.6) is 11.5 Å². The van der Waals surface area contributed by atoms with E-state index >= 15 is 0 Å². The van der Waals surface area contributed by atoms with Gasteiger partial charge in [0.15, 0.2) is 11.5 Å². The molecular formula is C23H26N2O4. The van der Waals surface area contributed by atoms with Crippen molar-refractivity contribution in [3.05, 3.63) is 47.5 Å². The second-order valence-electron chi connectivity index (χ2n) is 7.66. The summed E-state index contributed by atoms with van der Waals surface area (Å²) < 4.78 is 11.0. The molecule has 1 aliphatic heterocycles. The molecule has 2 amide bonds. The third-order valence-corrected chi connectivity index (χ3v) is 5.89. The quantitative estimate of drug-likeness (QED) is 0.792. The molecule has 2 aromatic carbocycles. The molecule has 6 nitrogen and oxygen atoms in total. The maximum Gasteiger partial charge on any atom is 0.227 e. The number of anilines is 2. The molecule has 4 rings (SSSR count). The van der Waals surface area contributed by atoms with Gasteiger partial charge in [0.2, 0.25) is 11.8 Å². The average Bonchev–Trinajstić information content (AvgIpc) is 3.27. The van der Waals surface area contributed by atoms with Gasteiger partial charge in [0.25, 0.3) is 0 Å². The number of rotatable bonds is 5. The summed E-state index contributed by atoms with van der Waals surface area (Å²) in [5.74, 6) is 1.22. The van der Waals surface area contributed by atoms with E-state index in [2.05, 4.69) is 10.6 Å². The van der Waals surface area contributed by atoms with Crippen molar-refractivity contribution in [1.82, 2.24) is 0 Å². The Morgan fingerprint density at radius 3 is 2.59 bits per heavy atom. The Labute approximate surface area is 170 Å². The minimum atomic E-state index is -0.150. The van der Waals surface area contributed by atoms with Crippen LogP contribution >= 0.6 is 0 Å². The lowest BCUT2D eigenvalue weighted by Crippen LogP contribution is -2.25. The number of para-hydroxylation sites is 1. The van der Waals surface area contributed by atoms with Crippen LogP contribution in [0.15, 0.2) is 36.4 Å². The van der Waals surface area contributed by atoms with Crippen molar-refractivity contribution in [3.63, 3.8) is 0 Å². The Balaban J connectivity index is 1.66. The summed E-state index contributed by atoms with van der Waals surface area (Å²) >= 11 is 0. The molecule has 0 spiro atoms. The highest BCUT2D eigenvalue weighted by Crippen LogP contribution is 2.44. The first-order valence-corrected chi connectivity index (χ1v) is 10.1. The van der Waals surface area contributed by atoms with Crippen LogP contribution in [-0.2, 0) is 9.59 Å². The van der Waals surface area contributed by atoms with Gasteiger partial charge in [0.1, 0.15) is 0 Å². The van der Waals surface area contributed by atoms with E-state index < -0.39 is 0 Å². The maximum atomic E-state index is 12.5. The largest absolute Gasteiger partial charge is 0.493 e. The molecule has 0 saturated heterocycles. The van der Waals surface area contributed by atoms with E-state index in [4.69, 9.17) is 9.47 Å². The zero-order chi connectivity index (χ0) is 20.4. The van der Waals surface area contributed by atoms with E-state index in [0.29, 0.717) is 23.6 Å². The molecule has 2 aliphatic rings.